The molecule has 0 aliphatic heterocycles. The number of benzene rings is 1. The standard InChI is InChI=1S/C24H24N8O/c1-5-17-11-30(12-25-17)21-10-18-20(9-16(21)4)26-13-32(24(18)33)22-8-6-7-19(28-22)23-29-27-14-31(23)15(2)3/h6-15H,5H2,1-4H3. The lowest BCUT2D eigenvalue weighted by molar-refractivity contribution is 0.603. The van der Waals surface area contributed by atoms with Crippen LogP contribution in [-0.4, -0.2) is 38.9 Å². The number of rotatable bonds is 5. The van der Waals surface area contributed by atoms with Crippen LogP contribution in [0.15, 0.2) is 60.3 Å². The summed E-state index contributed by atoms with van der Waals surface area (Å²) in [7, 11) is 0. The molecule has 4 heterocycles. The number of aromatic nitrogens is 8. The van der Waals surface area contributed by atoms with Crippen LogP contribution >= 0.6 is 0 Å². The number of imidazole rings is 1. The lowest BCUT2D eigenvalue weighted by atomic mass is 10.1. The fraction of sp³-hybridized carbons (Fsp3) is 0.250. The first kappa shape index (κ1) is 20.7. The van der Waals surface area contributed by atoms with Gasteiger partial charge in [-0.1, -0.05) is 13.0 Å². The van der Waals surface area contributed by atoms with Crippen molar-refractivity contribution in [2.75, 3.05) is 0 Å². The smallest absolute Gasteiger partial charge is 0.267 e. The molecule has 0 fully saturated rings. The van der Waals surface area contributed by atoms with Crippen molar-refractivity contribution in [1.29, 1.82) is 0 Å². The predicted molar refractivity (Wildman–Crippen MR) is 126 cm³/mol. The van der Waals surface area contributed by atoms with E-state index in [1.54, 1.807) is 18.7 Å². The fourth-order valence-electron chi connectivity index (χ4n) is 3.87. The highest BCUT2D eigenvalue weighted by Gasteiger charge is 2.15. The summed E-state index contributed by atoms with van der Waals surface area (Å²) in [5.41, 5.74) is 4.00. The molecule has 0 aliphatic carbocycles. The summed E-state index contributed by atoms with van der Waals surface area (Å²) in [5, 5.41) is 8.75. The van der Waals surface area contributed by atoms with Gasteiger partial charge in [0.15, 0.2) is 5.82 Å². The van der Waals surface area contributed by atoms with Crippen molar-refractivity contribution in [1.82, 2.24) is 38.9 Å². The van der Waals surface area contributed by atoms with Crippen LogP contribution in [-0.2, 0) is 6.42 Å². The third kappa shape index (κ3) is 3.61. The van der Waals surface area contributed by atoms with E-state index in [-0.39, 0.29) is 11.6 Å². The third-order valence-corrected chi connectivity index (χ3v) is 5.69. The van der Waals surface area contributed by atoms with Crippen molar-refractivity contribution >= 4 is 10.9 Å². The van der Waals surface area contributed by atoms with Crippen molar-refractivity contribution in [3.05, 3.63) is 77.1 Å². The molecule has 0 N–H and O–H groups in total. The molecule has 0 unspecified atom stereocenters. The van der Waals surface area contributed by atoms with E-state index in [2.05, 4.69) is 40.9 Å². The number of hydrogen-bond donors (Lipinski definition) is 0. The zero-order valence-corrected chi connectivity index (χ0v) is 19.0. The Hall–Kier alpha value is -4.14. The quantitative estimate of drug-likeness (QED) is 0.414. The normalized spacial score (nSPS) is 11.5. The Morgan fingerprint density at radius 1 is 1.06 bits per heavy atom. The van der Waals surface area contributed by atoms with E-state index in [0.29, 0.717) is 28.2 Å². The van der Waals surface area contributed by atoms with Crippen LogP contribution in [0.1, 0.15) is 38.1 Å². The molecule has 0 saturated heterocycles. The van der Waals surface area contributed by atoms with Crippen LogP contribution in [0.3, 0.4) is 0 Å². The topological polar surface area (TPSA) is 96.3 Å². The summed E-state index contributed by atoms with van der Waals surface area (Å²) in [6, 6.07) is 9.48. The lowest BCUT2D eigenvalue weighted by Gasteiger charge is -2.12. The molecular weight excluding hydrogens is 416 g/mol. The molecule has 33 heavy (non-hydrogen) atoms. The SMILES string of the molecule is CCc1cn(-c2cc3c(=O)n(-c4cccc(-c5nncn5C(C)C)n4)cnc3cc2C)cn1. The first-order valence-electron chi connectivity index (χ1n) is 10.9. The number of nitrogens with zero attached hydrogens (tertiary/aromatic N) is 8. The molecule has 5 rings (SSSR count). The van der Waals surface area contributed by atoms with E-state index in [1.165, 1.54) is 10.9 Å². The Bertz CT molecular complexity index is 1530. The molecule has 1 aromatic carbocycles. The predicted octanol–water partition coefficient (Wildman–Crippen LogP) is 3.68. The van der Waals surface area contributed by atoms with Gasteiger partial charge in [-0.15, -0.1) is 10.2 Å². The van der Waals surface area contributed by atoms with Gasteiger partial charge in [-0.05, 0) is 57.0 Å². The van der Waals surface area contributed by atoms with Crippen LogP contribution in [0, 0.1) is 6.92 Å². The van der Waals surface area contributed by atoms with Crippen LogP contribution in [0.5, 0.6) is 0 Å². The molecule has 166 valence electrons. The third-order valence-electron chi connectivity index (χ3n) is 5.69. The van der Waals surface area contributed by atoms with E-state index in [1.807, 2.05) is 46.5 Å². The highest BCUT2D eigenvalue weighted by Crippen LogP contribution is 2.22. The van der Waals surface area contributed by atoms with E-state index < -0.39 is 0 Å². The molecule has 0 spiro atoms. The van der Waals surface area contributed by atoms with Gasteiger partial charge >= 0.3 is 0 Å². The largest absolute Gasteiger partial charge is 0.310 e. The van der Waals surface area contributed by atoms with Crippen molar-refractivity contribution in [2.45, 2.75) is 40.2 Å². The number of fused-ring (bicyclic) bond motifs is 1. The minimum absolute atomic E-state index is 0.184. The highest BCUT2D eigenvalue weighted by atomic mass is 16.1. The molecule has 9 nitrogen and oxygen atoms in total. The Morgan fingerprint density at radius 2 is 1.91 bits per heavy atom. The first-order chi connectivity index (χ1) is 16.0. The average Bonchev–Trinajstić information content (AvgIpc) is 3.49. The zero-order chi connectivity index (χ0) is 23.1. The Kier molecular flexibility index (Phi) is 5.08. The van der Waals surface area contributed by atoms with E-state index in [9.17, 15) is 4.79 Å². The summed E-state index contributed by atoms with van der Waals surface area (Å²) >= 11 is 0. The molecule has 0 radical (unpaired) electrons. The van der Waals surface area contributed by atoms with Crippen LogP contribution in [0.4, 0.5) is 0 Å². The van der Waals surface area contributed by atoms with Crippen molar-refractivity contribution < 1.29 is 0 Å². The maximum absolute atomic E-state index is 13.5. The van der Waals surface area contributed by atoms with Crippen molar-refractivity contribution in [3.63, 3.8) is 0 Å². The van der Waals surface area contributed by atoms with Crippen LogP contribution < -0.4 is 5.56 Å². The van der Waals surface area contributed by atoms with Gasteiger partial charge < -0.3 is 9.13 Å². The molecular formula is C24H24N8O. The number of pyridine rings is 1. The zero-order valence-electron chi connectivity index (χ0n) is 19.0. The van der Waals surface area contributed by atoms with Gasteiger partial charge in [0, 0.05) is 12.2 Å². The van der Waals surface area contributed by atoms with Gasteiger partial charge in [0.1, 0.15) is 24.2 Å². The first-order valence-corrected chi connectivity index (χ1v) is 10.9. The van der Waals surface area contributed by atoms with Crippen LogP contribution in [0.25, 0.3) is 33.9 Å². The monoisotopic (exact) mass is 440 g/mol. The Morgan fingerprint density at radius 3 is 2.67 bits per heavy atom. The van der Waals surface area contributed by atoms with Crippen molar-refractivity contribution in [3.8, 4) is 23.0 Å². The average molecular weight is 441 g/mol. The molecule has 4 aromatic heterocycles. The second-order valence-corrected chi connectivity index (χ2v) is 8.24. The number of hydrogen-bond acceptors (Lipinski definition) is 6. The second kappa shape index (κ2) is 8.09. The summed E-state index contributed by atoms with van der Waals surface area (Å²) in [6.07, 6.45) is 7.81. The molecule has 5 aromatic rings. The molecule has 0 aliphatic rings. The Balaban J connectivity index is 1.64. The summed E-state index contributed by atoms with van der Waals surface area (Å²) in [6.45, 7) is 8.17. The van der Waals surface area contributed by atoms with Gasteiger partial charge in [-0.25, -0.2) is 15.0 Å². The molecule has 0 amide bonds. The van der Waals surface area contributed by atoms with E-state index in [4.69, 9.17) is 4.98 Å². The van der Waals surface area contributed by atoms with Gasteiger partial charge in [0.05, 0.1) is 28.6 Å². The number of aryl methyl sites for hydroxylation is 2. The van der Waals surface area contributed by atoms with Gasteiger partial charge in [0.2, 0.25) is 0 Å². The summed E-state index contributed by atoms with van der Waals surface area (Å²) in [5.74, 6) is 1.13. The molecule has 9 heteroatoms. The van der Waals surface area contributed by atoms with Crippen molar-refractivity contribution in [2.24, 2.45) is 0 Å². The van der Waals surface area contributed by atoms with Gasteiger partial charge in [-0.3, -0.25) is 9.36 Å². The van der Waals surface area contributed by atoms with Crippen LogP contribution in [0.2, 0.25) is 0 Å². The molecule has 0 atom stereocenters. The minimum Gasteiger partial charge on any atom is -0.310 e. The molecule has 0 bridgehead atoms. The maximum atomic E-state index is 13.5. The summed E-state index contributed by atoms with van der Waals surface area (Å²) < 4.78 is 5.35. The van der Waals surface area contributed by atoms with E-state index >= 15 is 0 Å². The van der Waals surface area contributed by atoms with Gasteiger partial charge in [-0.2, -0.15) is 0 Å². The minimum atomic E-state index is -0.188. The lowest BCUT2D eigenvalue weighted by Crippen LogP contribution is -2.20. The fourth-order valence-corrected chi connectivity index (χ4v) is 3.87. The molecule has 0 saturated carbocycles. The maximum Gasteiger partial charge on any atom is 0.267 e. The highest BCUT2D eigenvalue weighted by molar-refractivity contribution is 5.81. The van der Waals surface area contributed by atoms with E-state index in [0.717, 1.165) is 23.4 Å². The second-order valence-electron chi connectivity index (χ2n) is 8.24. The Labute approximate surface area is 190 Å². The van der Waals surface area contributed by atoms with Gasteiger partial charge in [0.25, 0.3) is 5.56 Å². The summed E-state index contributed by atoms with van der Waals surface area (Å²) in [4.78, 5) is 27.1.